The molecule has 0 amide bonds. The molecule has 1 unspecified atom stereocenters. The lowest BCUT2D eigenvalue weighted by atomic mass is 10.0. The zero-order chi connectivity index (χ0) is 57.1. The molecule has 0 aromatic heterocycles. The number of hydrogen-bond acceptors (Lipinski definition) is 6. The Bertz CT molecular complexity index is 1500. The van der Waals surface area contributed by atoms with Crippen LogP contribution in [0.5, 0.6) is 0 Å². The van der Waals surface area contributed by atoms with E-state index in [4.69, 9.17) is 14.2 Å². The summed E-state index contributed by atoms with van der Waals surface area (Å²) in [6.07, 6.45) is 89.1. The molecule has 0 rings (SSSR count). The van der Waals surface area contributed by atoms with Crippen molar-refractivity contribution in [3.8, 4) is 0 Å². The molecular weight excluding hydrogens is 973 g/mol. The van der Waals surface area contributed by atoms with Gasteiger partial charge in [0, 0.05) is 19.3 Å². The average molecular weight is 1100 g/mol. The molecular formula is C73H128O6. The molecule has 456 valence electrons. The van der Waals surface area contributed by atoms with Gasteiger partial charge in [-0.15, -0.1) is 0 Å². The second-order valence-corrected chi connectivity index (χ2v) is 22.7. The summed E-state index contributed by atoms with van der Waals surface area (Å²) >= 11 is 0. The van der Waals surface area contributed by atoms with Crippen molar-refractivity contribution in [2.24, 2.45) is 0 Å². The number of allylic oxidation sites excluding steroid dienone is 14. The Morgan fingerprint density at radius 2 is 0.494 bits per heavy atom. The maximum atomic E-state index is 12.9. The van der Waals surface area contributed by atoms with Crippen molar-refractivity contribution in [3.63, 3.8) is 0 Å². The van der Waals surface area contributed by atoms with Crippen LogP contribution in [0.3, 0.4) is 0 Å². The summed E-state index contributed by atoms with van der Waals surface area (Å²) in [7, 11) is 0. The SMILES string of the molecule is CC/C=C\C/C=C\C/C=C\C/C=C\CCCCCCCCC(=O)OC(COC(=O)CCCCCCCCCCC)COC(=O)CCCCCCCCCCCCCCCCCCCC/C=C\C/C=C\C/C=C\CCCCCCC. The first-order valence-corrected chi connectivity index (χ1v) is 34.1. The van der Waals surface area contributed by atoms with Gasteiger partial charge < -0.3 is 14.2 Å². The first-order chi connectivity index (χ1) is 39.0. The van der Waals surface area contributed by atoms with E-state index < -0.39 is 6.10 Å². The van der Waals surface area contributed by atoms with E-state index in [2.05, 4.69) is 106 Å². The number of rotatable bonds is 62. The van der Waals surface area contributed by atoms with Gasteiger partial charge in [-0.3, -0.25) is 14.4 Å². The fourth-order valence-corrected chi connectivity index (χ4v) is 9.80. The van der Waals surface area contributed by atoms with Gasteiger partial charge in [-0.1, -0.05) is 311 Å². The molecule has 6 nitrogen and oxygen atoms in total. The van der Waals surface area contributed by atoms with Gasteiger partial charge in [0.1, 0.15) is 13.2 Å². The van der Waals surface area contributed by atoms with Crippen LogP contribution in [0, 0.1) is 0 Å². The molecule has 0 N–H and O–H groups in total. The highest BCUT2D eigenvalue weighted by atomic mass is 16.6. The van der Waals surface area contributed by atoms with Gasteiger partial charge in [-0.2, -0.15) is 0 Å². The molecule has 0 radical (unpaired) electrons. The Balaban J connectivity index is 4.10. The van der Waals surface area contributed by atoms with E-state index in [1.807, 2.05) is 0 Å². The average Bonchev–Trinajstić information content (AvgIpc) is 3.45. The van der Waals surface area contributed by atoms with Crippen LogP contribution in [-0.2, 0) is 28.6 Å². The number of ether oxygens (including phenoxy) is 3. The van der Waals surface area contributed by atoms with E-state index in [1.54, 1.807) is 0 Å². The summed E-state index contributed by atoms with van der Waals surface area (Å²) in [5.41, 5.74) is 0. The quantitative estimate of drug-likeness (QED) is 0.0261. The third-order valence-electron chi connectivity index (χ3n) is 14.9. The number of carbonyl (C=O) groups excluding carboxylic acids is 3. The number of unbranched alkanes of at least 4 members (excludes halogenated alkanes) is 37. The number of esters is 3. The third-order valence-corrected chi connectivity index (χ3v) is 14.9. The minimum atomic E-state index is -0.782. The van der Waals surface area contributed by atoms with Gasteiger partial charge in [-0.05, 0) is 96.3 Å². The van der Waals surface area contributed by atoms with Gasteiger partial charge in [0.25, 0.3) is 0 Å². The standard InChI is InChI=1S/C73H128O6/c1-4-7-10-13-16-19-21-23-25-27-29-30-31-32-33-34-35-36-37-38-39-40-41-42-44-45-47-49-51-54-57-60-63-66-72(75)78-69-70(68-77-71(74)65-62-59-56-53-18-15-12-9-6-3)79-73(76)67-64-61-58-55-52-50-48-46-43-28-26-24-22-20-17-14-11-8-5-2/h8,11,17,20-21,23-24,26-27,29,31-32,43,46,70H,4-7,9-10,12-16,18-19,22,25,28,30,33-42,44-45,47-69H2,1-3H3/b11-8-,20-17-,23-21-,26-24-,29-27-,32-31-,46-43-. The lowest BCUT2D eigenvalue weighted by molar-refractivity contribution is -0.167. The summed E-state index contributed by atoms with van der Waals surface area (Å²) in [6, 6.07) is 0. The Labute approximate surface area is 490 Å². The van der Waals surface area contributed by atoms with Crippen molar-refractivity contribution in [1.82, 2.24) is 0 Å². The lowest BCUT2D eigenvalue weighted by Gasteiger charge is -2.18. The topological polar surface area (TPSA) is 78.9 Å². The molecule has 0 aromatic carbocycles. The predicted octanol–water partition coefficient (Wildman–Crippen LogP) is 23.4. The summed E-state index contributed by atoms with van der Waals surface area (Å²) in [5, 5.41) is 0. The molecule has 0 aliphatic carbocycles. The molecule has 6 heteroatoms. The highest BCUT2D eigenvalue weighted by Gasteiger charge is 2.19. The molecule has 79 heavy (non-hydrogen) atoms. The molecule has 0 aromatic rings. The van der Waals surface area contributed by atoms with Crippen LogP contribution in [0.15, 0.2) is 85.1 Å². The molecule has 1 atom stereocenters. The van der Waals surface area contributed by atoms with Crippen LogP contribution in [0.4, 0.5) is 0 Å². The molecule has 0 fully saturated rings. The Morgan fingerprint density at radius 3 is 0.772 bits per heavy atom. The molecule has 0 saturated carbocycles. The molecule has 0 bridgehead atoms. The Kier molecular flexibility index (Phi) is 64.2. The summed E-state index contributed by atoms with van der Waals surface area (Å²) in [4.78, 5) is 38.2. The van der Waals surface area contributed by atoms with Gasteiger partial charge in [0.2, 0.25) is 0 Å². The van der Waals surface area contributed by atoms with Gasteiger partial charge >= 0.3 is 17.9 Å². The molecule has 0 spiro atoms. The van der Waals surface area contributed by atoms with E-state index in [0.29, 0.717) is 19.3 Å². The monoisotopic (exact) mass is 1100 g/mol. The van der Waals surface area contributed by atoms with Crippen LogP contribution in [0.25, 0.3) is 0 Å². The number of hydrogen-bond donors (Lipinski definition) is 0. The predicted molar refractivity (Wildman–Crippen MR) is 344 cm³/mol. The van der Waals surface area contributed by atoms with Crippen LogP contribution < -0.4 is 0 Å². The van der Waals surface area contributed by atoms with Crippen molar-refractivity contribution >= 4 is 17.9 Å². The summed E-state index contributed by atoms with van der Waals surface area (Å²) in [6.45, 7) is 6.52. The van der Waals surface area contributed by atoms with E-state index in [1.165, 1.54) is 193 Å². The summed E-state index contributed by atoms with van der Waals surface area (Å²) < 4.78 is 16.9. The van der Waals surface area contributed by atoms with Gasteiger partial charge in [0.15, 0.2) is 6.10 Å². The zero-order valence-electron chi connectivity index (χ0n) is 52.4. The second kappa shape index (κ2) is 67.1. The second-order valence-electron chi connectivity index (χ2n) is 22.7. The van der Waals surface area contributed by atoms with E-state index in [0.717, 1.165) is 109 Å². The Morgan fingerprint density at radius 1 is 0.266 bits per heavy atom. The highest BCUT2D eigenvalue weighted by molar-refractivity contribution is 5.71. The largest absolute Gasteiger partial charge is 0.462 e. The number of carbonyl (C=O) groups is 3. The maximum absolute atomic E-state index is 12.9. The smallest absolute Gasteiger partial charge is 0.306 e. The van der Waals surface area contributed by atoms with Crippen molar-refractivity contribution in [1.29, 1.82) is 0 Å². The van der Waals surface area contributed by atoms with E-state index in [-0.39, 0.29) is 31.1 Å². The first kappa shape index (κ1) is 75.6. The maximum Gasteiger partial charge on any atom is 0.306 e. The normalized spacial score (nSPS) is 12.6. The van der Waals surface area contributed by atoms with Crippen molar-refractivity contribution in [3.05, 3.63) is 85.1 Å². The lowest BCUT2D eigenvalue weighted by Crippen LogP contribution is -2.30. The van der Waals surface area contributed by atoms with Crippen LogP contribution >= 0.6 is 0 Å². The summed E-state index contributed by atoms with van der Waals surface area (Å²) in [5.74, 6) is -0.881. The van der Waals surface area contributed by atoms with Crippen LogP contribution in [0.2, 0.25) is 0 Å². The van der Waals surface area contributed by atoms with Gasteiger partial charge in [0.05, 0.1) is 0 Å². The van der Waals surface area contributed by atoms with Crippen molar-refractivity contribution in [2.45, 2.75) is 348 Å². The minimum Gasteiger partial charge on any atom is -0.462 e. The fraction of sp³-hybridized carbons (Fsp3) is 0.767. The fourth-order valence-electron chi connectivity index (χ4n) is 9.80. The van der Waals surface area contributed by atoms with Crippen LogP contribution in [-0.4, -0.2) is 37.2 Å². The van der Waals surface area contributed by atoms with E-state index >= 15 is 0 Å². The van der Waals surface area contributed by atoms with Crippen molar-refractivity contribution < 1.29 is 28.6 Å². The third kappa shape index (κ3) is 65.3. The highest BCUT2D eigenvalue weighted by Crippen LogP contribution is 2.17. The first-order valence-electron chi connectivity index (χ1n) is 34.1. The molecule has 0 aliphatic rings. The molecule has 0 heterocycles. The molecule has 0 aliphatic heterocycles. The zero-order valence-corrected chi connectivity index (χ0v) is 52.4. The van der Waals surface area contributed by atoms with Gasteiger partial charge in [-0.25, -0.2) is 0 Å². The minimum absolute atomic E-state index is 0.0787. The molecule has 0 saturated heterocycles. The van der Waals surface area contributed by atoms with E-state index in [9.17, 15) is 14.4 Å². The van der Waals surface area contributed by atoms with Crippen LogP contribution in [0.1, 0.15) is 342 Å². The Hall–Kier alpha value is -3.41. The van der Waals surface area contributed by atoms with Crippen molar-refractivity contribution in [2.75, 3.05) is 13.2 Å².